The number of rotatable bonds is 6. The van der Waals surface area contributed by atoms with E-state index in [0.29, 0.717) is 22.8 Å². The molecule has 1 aromatic heterocycles. The van der Waals surface area contributed by atoms with Gasteiger partial charge in [-0.2, -0.15) is 18.2 Å². The van der Waals surface area contributed by atoms with Crippen LogP contribution in [0, 0.1) is 6.92 Å². The van der Waals surface area contributed by atoms with Crippen LogP contribution in [0.2, 0.25) is 0 Å². The number of aliphatic hydroxyl groups excluding tert-OH is 1. The van der Waals surface area contributed by atoms with Crippen molar-refractivity contribution in [3.63, 3.8) is 0 Å². The molecule has 0 aliphatic rings. The van der Waals surface area contributed by atoms with Gasteiger partial charge in [0.15, 0.2) is 0 Å². The van der Waals surface area contributed by atoms with Crippen molar-refractivity contribution < 1.29 is 18.3 Å². The summed E-state index contributed by atoms with van der Waals surface area (Å²) in [6.45, 7) is 1.86. The summed E-state index contributed by atoms with van der Waals surface area (Å²) in [6, 6.07) is 14.5. The van der Waals surface area contributed by atoms with Crippen LogP contribution in [0.3, 0.4) is 0 Å². The van der Waals surface area contributed by atoms with Gasteiger partial charge in [-0.25, -0.2) is 4.98 Å². The summed E-state index contributed by atoms with van der Waals surface area (Å²) in [7, 11) is 0. The highest BCUT2D eigenvalue weighted by atomic mass is 19.4. The lowest BCUT2D eigenvalue weighted by Crippen LogP contribution is -2.10. The van der Waals surface area contributed by atoms with E-state index in [1.165, 1.54) is 6.07 Å². The third kappa shape index (κ3) is 4.77. The van der Waals surface area contributed by atoms with Gasteiger partial charge in [-0.15, -0.1) is 0 Å². The number of nitrogens with zero attached hydrogens (tertiary/aromatic N) is 2. The predicted octanol–water partition coefficient (Wildman–Crippen LogP) is 4.62. The number of hydrogen-bond acceptors (Lipinski definition) is 5. The van der Waals surface area contributed by atoms with Gasteiger partial charge in [0, 0.05) is 23.9 Å². The fourth-order valence-corrected chi connectivity index (χ4v) is 2.59. The Morgan fingerprint density at radius 1 is 1.00 bits per heavy atom. The molecule has 8 heteroatoms. The average molecular weight is 388 g/mol. The van der Waals surface area contributed by atoms with Crippen LogP contribution < -0.4 is 10.6 Å². The first-order chi connectivity index (χ1) is 13.4. The molecule has 0 saturated heterocycles. The van der Waals surface area contributed by atoms with Crippen molar-refractivity contribution >= 4 is 17.5 Å². The standard InChI is InChI=1S/C20H19F3N4O/c1-13-7-8-15(20(21,22)23)11-16(13)25-18-12-17(14-5-3-2-4-6-14)26-19(27-18)24-9-10-28/h2-8,11-12,28H,9-10H2,1H3,(H2,24,25,26,27). The first-order valence-electron chi connectivity index (χ1n) is 8.61. The zero-order chi connectivity index (χ0) is 20.1. The Bertz CT molecular complexity index is 946. The van der Waals surface area contributed by atoms with Gasteiger partial charge in [0.25, 0.3) is 0 Å². The van der Waals surface area contributed by atoms with Gasteiger partial charge >= 0.3 is 6.18 Å². The van der Waals surface area contributed by atoms with Crippen molar-refractivity contribution in [1.82, 2.24) is 9.97 Å². The molecule has 0 amide bonds. The van der Waals surface area contributed by atoms with E-state index in [1.54, 1.807) is 13.0 Å². The molecular weight excluding hydrogens is 369 g/mol. The van der Waals surface area contributed by atoms with E-state index >= 15 is 0 Å². The molecule has 0 atom stereocenters. The highest BCUT2D eigenvalue weighted by Gasteiger charge is 2.30. The van der Waals surface area contributed by atoms with Crippen LogP contribution in [0.5, 0.6) is 0 Å². The van der Waals surface area contributed by atoms with E-state index in [0.717, 1.165) is 17.7 Å². The summed E-state index contributed by atoms with van der Waals surface area (Å²) in [6.07, 6.45) is -4.43. The molecule has 0 saturated carbocycles. The molecule has 0 aliphatic carbocycles. The molecule has 1 heterocycles. The maximum Gasteiger partial charge on any atom is 0.416 e. The Labute approximate surface area is 160 Å². The van der Waals surface area contributed by atoms with E-state index in [1.807, 2.05) is 30.3 Å². The van der Waals surface area contributed by atoms with Gasteiger partial charge in [-0.05, 0) is 24.6 Å². The van der Waals surface area contributed by atoms with E-state index in [9.17, 15) is 13.2 Å². The maximum absolute atomic E-state index is 13.0. The van der Waals surface area contributed by atoms with Crippen LogP contribution in [0.15, 0.2) is 54.6 Å². The van der Waals surface area contributed by atoms with Gasteiger partial charge in [-0.3, -0.25) is 0 Å². The van der Waals surface area contributed by atoms with Crippen LogP contribution >= 0.6 is 0 Å². The summed E-state index contributed by atoms with van der Waals surface area (Å²) in [5, 5.41) is 14.9. The van der Waals surface area contributed by atoms with Gasteiger partial charge < -0.3 is 15.7 Å². The smallest absolute Gasteiger partial charge is 0.395 e. The Morgan fingerprint density at radius 3 is 2.43 bits per heavy atom. The van der Waals surface area contributed by atoms with E-state index in [-0.39, 0.29) is 19.1 Å². The number of alkyl halides is 3. The average Bonchev–Trinajstić information content (AvgIpc) is 2.68. The van der Waals surface area contributed by atoms with Gasteiger partial charge in [0.1, 0.15) is 5.82 Å². The molecule has 0 radical (unpaired) electrons. The fraction of sp³-hybridized carbons (Fsp3) is 0.200. The fourth-order valence-electron chi connectivity index (χ4n) is 2.59. The second-order valence-corrected chi connectivity index (χ2v) is 6.13. The number of aryl methyl sites for hydroxylation is 1. The van der Waals surface area contributed by atoms with Gasteiger partial charge in [0.2, 0.25) is 5.95 Å². The van der Waals surface area contributed by atoms with Crippen LogP contribution in [0.4, 0.5) is 30.6 Å². The highest BCUT2D eigenvalue weighted by Crippen LogP contribution is 2.33. The number of hydrogen-bond donors (Lipinski definition) is 3. The minimum atomic E-state index is -4.43. The van der Waals surface area contributed by atoms with Crippen LogP contribution in [0.25, 0.3) is 11.3 Å². The second kappa shape index (κ2) is 8.26. The zero-order valence-corrected chi connectivity index (χ0v) is 15.1. The van der Waals surface area contributed by atoms with Gasteiger partial charge in [-0.1, -0.05) is 36.4 Å². The molecule has 146 valence electrons. The number of benzene rings is 2. The topological polar surface area (TPSA) is 70.1 Å². The summed E-state index contributed by atoms with van der Waals surface area (Å²) in [5.41, 5.74) is 1.65. The molecule has 3 N–H and O–H groups in total. The second-order valence-electron chi connectivity index (χ2n) is 6.13. The predicted molar refractivity (Wildman–Crippen MR) is 103 cm³/mol. The van der Waals surface area contributed by atoms with Crippen molar-refractivity contribution in [3.05, 3.63) is 65.7 Å². The molecule has 0 fully saturated rings. The lowest BCUT2D eigenvalue weighted by atomic mass is 10.1. The summed E-state index contributed by atoms with van der Waals surface area (Å²) in [5.74, 6) is 0.610. The molecule has 3 rings (SSSR count). The lowest BCUT2D eigenvalue weighted by molar-refractivity contribution is -0.137. The van der Waals surface area contributed by atoms with E-state index in [2.05, 4.69) is 20.6 Å². The largest absolute Gasteiger partial charge is 0.416 e. The van der Waals surface area contributed by atoms with Gasteiger partial charge in [0.05, 0.1) is 17.9 Å². The SMILES string of the molecule is Cc1ccc(C(F)(F)F)cc1Nc1cc(-c2ccccc2)nc(NCCO)n1. The minimum absolute atomic E-state index is 0.103. The Kier molecular flexibility index (Phi) is 5.79. The summed E-state index contributed by atoms with van der Waals surface area (Å²) in [4.78, 5) is 8.71. The van der Waals surface area contributed by atoms with Crippen molar-refractivity contribution in [1.29, 1.82) is 0 Å². The number of aliphatic hydroxyl groups is 1. The van der Waals surface area contributed by atoms with Crippen molar-refractivity contribution in [3.8, 4) is 11.3 Å². The first-order valence-corrected chi connectivity index (χ1v) is 8.61. The Balaban J connectivity index is 1.99. The number of anilines is 3. The van der Waals surface area contributed by atoms with E-state index < -0.39 is 11.7 Å². The molecule has 0 spiro atoms. The summed E-state index contributed by atoms with van der Waals surface area (Å²) >= 11 is 0. The Morgan fingerprint density at radius 2 is 1.75 bits per heavy atom. The quantitative estimate of drug-likeness (QED) is 0.575. The first kappa shape index (κ1) is 19.6. The lowest BCUT2D eigenvalue weighted by Gasteiger charge is -2.14. The Hall–Kier alpha value is -3.13. The number of nitrogens with one attached hydrogen (secondary N) is 2. The molecule has 0 bridgehead atoms. The van der Waals surface area contributed by atoms with E-state index in [4.69, 9.17) is 5.11 Å². The summed E-state index contributed by atoms with van der Waals surface area (Å²) < 4.78 is 39.1. The van der Waals surface area contributed by atoms with Crippen LogP contribution in [-0.4, -0.2) is 28.2 Å². The third-order valence-corrected chi connectivity index (χ3v) is 4.02. The highest BCUT2D eigenvalue weighted by molar-refractivity contribution is 5.69. The minimum Gasteiger partial charge on any atom is -0.395 e. The van der Waals surface area contributed by atoms with Crippen molar-refractivity contribution in [2.75, 3.05) is 23.8 Å². The molecular formula is C20H19F3N4O. The third-order valence-electron chi connectivity index (χ3n) is 4.02. The normalized spacial score (nSPS) is 11.3. The molecule has 2 aromatic carbocycles. The molecule has 3 aromatic rings. The molecule has 5 nitrogen and oxygen atoms in total. The monoisotopic (exact) mass is 388 g/mol. The molecule has 28 heavy (non-hydrogen) atoms. The van der Waals surface area contributed by atoms with Crippen molar-refractivity contribution in [2.45, 2.75) is 13.1 Å². The number of aromatic nitrogens is 2. The van der Waals surface area contributed by atoms with Crippen LogP contribution in [0.1, 0.15) is 11.1 Å². The maximum atomic E-state index is 13.0. The zero-order valence-electron chi connectivity index (χ0n) is 15.1. The number of halogens is 3. The van der Waals surface area contributed by atoms with Crippen LogP contribution in [-0.2, 0) is 6.18 Å². The molecule has 0 aliphatic heterocycles. The molecule has 0 unspecified atom stereocenters. The van der Waals surface area contributed by atoms with Crippen molar-refractivity contribution in [2.24, 2.45) is 0 Å².